The highest BCUT2D eigenvalue weighted by Crippen LogP contribution is 2.21. The number of rotatable bonds is 6. The van der Waals surface area contributed by atoms with E-state index >= 15 is 0 Å². The number of nitrogens with one attached hydrogen (secondary N) is 1. The third kappa shape index (κ3) is 4.84. The maximum Gasteiger partial charge on any atom is 0.220 e. The smallest absolute Gasteiger partial charge is 0.220 e. The Balaban J connectivity index is 1.90. The molecule has 0 aliphatic rings. The second-order valence-electron chi connectivity index (χ2n) is 6.42. The first-order valence-corrected chi connectivity index (χ1v) is 8.17. The van der Waals surface area contributed by atoms with Crippen LogP contribution in [0.1, 0.15) is 32.9 Å². The lowest BCUT2D eigenvalue weighted by Gasteiger charge is -2.31. The zero-order chi connectivity index (χ0) is 16.2. The van der Waals surface area contributed by atoms with Crippen molar-refractivity contribution in [2.75, 3.05) is 5.73 Å². The molecule has 0 aliphatic carbocycles. The molecule has 0 unspecified atom stereocenters. The maximum atomic E-state index is 12.2. The zero-order valence-corrected chi connectivity index (χ0v) is 14.1. The average Bonchev–Trinajstić information content (AvgIpc) is 3.06. The van der Waals surface area contributed by atoms with Gasteiger partial charge in [-0.05, 0) is 11.8 Å². The van der Waals surface area contributed by atoms with Gasteiger partial charge in [-0.2, -0.15) is 0 Å². The minimum Gasteiger partial charge on any atom is -0.375 e. The van der Waals surface area contributed by atoms with Crippen LogP contribution in [0.4, 0.5) is 5.13 Å². The van der Waals surface area contributed by atoms with Gasteiger partial charge in [-0.1, -0.05) is 20.8 Å². The topological polar surface area (TPSA) is 85.8 Å². The summed E-state index contributed by atoms with van der Waals surface area (Å²) in [6, 6.07) is 0.0368. The summed E-state index contributed by atoms with van der Waals surface area (Å²) >= 11 is 1.40. The van der Waals surface area contributed by atoms with E-state index in [1.807, 2.05) is 16.1 Å². The minimum atomic E-state index is -0.0367. The Morgan fingerprint density at radius 1 is 1.50 bits per heavy atom. The molecule has 0 bridgehead atoms. The number of hydrogen-bond donors (Lipinski definition) is 2. The summed E-state index contributed by atoms with van der Waals surface area (Å²) in [5, 5.41) is 5.57. The van der Waals surface area contributed by atoms with Crippen molar-refractivity contribution in [2.24, 2.45) is 5.41 Å². The van der Waals surface area contributed by atoms with Crippen LogP contribution in [0.3, 0.4) is 0 Å². The van der Waals surface area contributed by atoms with Crippen LogP contribution in [0.2, 0.25) is 0 Å². The molecule has 6 nitrogen and oxygen atoms in total. The fourth-order valence-electron chi connectivity index (χ4n) is 2.09. The lowest BCUT2D eigenvalue weighted by molar-refractivity contribution is -0.122. The molecule has 1 atom stereocenters. The van der Waals surface area contributed by atoms with Gasteiger partial charge in [-0.15, -0.1) is 11.3 Å². The van der Waals surface area contributed by atoms with Gasteiger partial charge < -0.3 is 15.6 Å². The van der Waals surface area contributed by atoms with Gasteiger partial charge in [-0.3, -0.25) is 4.79 Å². The average molecular weight is 321 g/mol. The van der Waals surface area contributed by atoms with E-state index in [9.17, 15) is 4.79 Å². The number of carbonyl (C=O) groups is 1. The Morgan fingerprint density at radius 3 is 2.82 bits per heavy atom. The van der Waals surface area contributed by atoms with Crippen molar-refractivity contribution in [1.82, 2.24) is 19.9 Å². The molecule has 3 N–H and O–H groups in total. The van der Waals surface area contributed by atoms with Gasteiger partial charge in [0.1, 0.15) is 0 Å². The van der Waals surface area contributed by atoms with E-state index in [0.29, 0.717) is 24.5 Å². The first kappa shape index (κ1) is 16.5. The molecule has 7 heteroatoms. The number of carbonyl (C=O) groups excluding carboxylic acids is 1. The summed E-state index contributed by atoms with van der Waals surface area (Å²) in [5.74, 6) is 0.0339. The molecular formula is C15H23N5OS. The number of nitrogen functional groups attached to an aromatic ring is 1. The Bertz CT molecular complexity index is 600. The van der Waals surface area contributed by atoms with E-state index in [1.165, 1.54) is 11.3 Å². The maximum absolute atomic E-state index is 12.2. The monoisotopic (exact) mass is 321 g/mol. The van der Waals surface area contributed by atoms with Crippen LogP contribution in [0.15, 0.2) is 24.1 Å². The fraction of sp³-hybridized carbons (Fsp3) is 0.533. The summed E-state index contributed by atoms with van der Waals surface area (Å²) in [5.41, 5.74) is 6.43. The van der Waals surface area contributed by atoms with E-state index in [2.05, 4.69) is 36.1 Å². The quantitative estimate of drug-likeness (QED) is 0.853. The molecule has 0 aromatic carbocycles. The highest BCUT2D eigenvalue weighted by molar-refractivity contribution is 7.13. The van der Waals surface area contributed by atoms with E-state index in [-0.39, 0.29) is 17.4 Å². The number of nitrogens with zero attached hydrogens (tertiary/aromatic N) is 3. The summed E-state index contributed by atoms with van der Waals surface area (Å²) in [4.78, 5) is 20.4. The van der Waals surface area contributed by atoms with Crippen molar-refractivity contribution >= 4 is 22.4 Å². The first-order valence-electron chi connectivity index (χ1n) is 7.29. The molecule has 0 saturated heterocycles. The van der Waals surface area contributed by atoms with Crippen molar-refractivity contribution in [3.05, 3.63) is 29.8 Å². The molecule has 0 saturated carbocycles. The van der Waals surface area contributed by atoms with Crippen LogP contribution in [-0.2, 0) is 17.8 Å². The SMILES string of the molecule is CC(C)(C)[C@@H](Cn1ccnc1)NC(=O)CCc1csc(N)n1. The Kier molecular flexibility index (Phi) is 5.18. The van der Waals surface area contributed by atoms with E-state index in [0.717, 1.165) is 5.69 Å². The van der Waals surface area contributed by atoms with Crippen LogP contribution in [0.5, 0.6) is 0 Å². The van der Waals surface area contributed by atoms with Gasteiger partial charge in [0.05, 0.1) is 18.1 Å². The lowest BCUT2D eigenvalue weighted by Crippen LogP contribution is -2.46. The largest absolute Gasteiger partial charge is 0.375 e. The van der Waals surface area contributed by atoms with E-state index in [4.69, 9.17) is 5.73 Å². The normalized spacial score (nSPS) is 13.0. The van der Waals surface area contributed by atoms with Crippen LogP contribution < -0.4 is 11.1 Å². The van der Waals surface area contributed by atoms with Gasteiger partial charge in [0.15, 0.2) is 5.13 Å². The predicted octanol–water partition coefficient (Wildman–Crippen LogP) is 2.09. The number of nitrogens with two attached hydrogens (primary N) is 1. The van der Waals surface area contributed by atoms with E-state index < -0.39 is 0 Å². The molecule has 2 rings (SSSR count). The van der Waals surface area contributed by atoms with Crippen molar-refractivity contribution in [3.8, 4) is 0 Å². The third-order valence-electron chi connectivity index (χ3n) is 3.51. The Morgan fingerprint density at radius 2 is 2.27 bits per heavy atom. The van der Waals surface area contributed by atoms with Gasteiger partial charge in [0, 0.05) is 30.7 Å². The van der Waals surface area contributed by atoms with Crippen molar-refractivity contribution in [3.63, 3.8) is 0 Å². The summed E-state index contributed by atoms with van der Waals surface area (Å²) in [7, 11) is 0. The highest BCUT2D eigenvalue weighted by atomic mass is 32.1. The number of aryl methyl sites for hydroxylation is 1. The van der Waals surface area contributed by atoms with Crippen molar-refractivity contribution in [1.29, 1.82) is 0 Å². The van der Waals surface area contributed by atoms with Crippen molar-refractivity contribution in [2.45, 2.75) is 46.2 Å². The number of amides is 1. The first-order chi connectivity index (χ1) is 10.3. The van der Waals surface area contributed by atoms with Crippen LogP contribution in [0, 0.1) is 5.41 Å². The van der Waals surface area contributed by atoms with Crippen molar-refractivity contribution < 1.29 is 4.79 Å². The number of aromatic nitrogens is 3. The van der Waals surface area contributed by atoms with Gasteiger partial charge in [0.25, 0.3) is 0 Å². The molecule has 1 amide bonds. The third-order valence-corrected chi connectivity index (χ3v) is 4.23. The number of anilines is 1. The highest BCUT2D eigenvalue weighted by Gasteiger charge is 2.26. The molecular weight excluding hydrogens is 298 g/mol. The zero-order valence-electron chi connectivity index (χ0n) is 13.2. The number of hydrogen-bond acceptors (Lipinski definition) is 5. The molecule has 2 aromatic heterocycles. The molecule has 120 valence electrons. The minimum absolute atomic E-state index is 0.0339. The second-order valence-corrected chi connectivity index (χ2v) is 7.31. The number of thiazole rings is 1. The van der Waals surface area contributed by atoms with Crippen LogP contribution >= 0.6 is 11.3 Å². The molecule has 2 heterocycles. The van der Waals surface area contributed by atoms with E-state index in [1.54, 1.807) is 12.5 Å². The number of imidazole rings is 1. The van der Waals surface area contributed by atoms with Crippen LogP contribution in [-0.4, -0.2) is 26.5 Å². The molecule has 2 aromatic rings. The summed E-state index contributed by atoms with van der Waals surface area (Å²) < 4.78 is 1.98. The van der Waals surface area contributed by atoms with Crippen LogP contribution in [0.25, 0.3) is 0 Å². The fourth-order valence-corrected chi connectivity index (χ4v) is 2.68. The molecule has 0 fully saturated rings. The standard InChI is InChI=1S/C15H23N5OS/c1-15(2,3)12(8-20-7-6-17-10-20)19-13(21)5-4-11-9-22-14(16)18-11/h6-7,9-10,12H,4-5,8H2,1-3H3,(H2,16,18)(H,19,21)/t12-/m1/s1. The summed E-state index contributed by atoms with van der Waals surface area (Å²) in [6.45, 7) is 7.07. The lowest BCUT2D eigenvalue weighted by atomic mass is 9.86. The van der Waals surface area contributed by atoms with Gasteiger partial charge >= 0.3 is 0 Å². The Hall–Kier alpha value is -1.89. The predicted molar refractivity (Wildman–Crippen MR) is 88.5 cm³/mol. The molecule has 22 heavy (non-hydrogen) atoms. The van der Waals surface area contributed by atoms with Gasteiger partial charge in [0.2, 0.25) is 5.91 Å². The molecule has 0 aliphatic heterocycles. The summed E-state index contributed by atoms with van der Waals surface area (Å²) in [6.07, 6.45) is 6.45. The molecule has 0 radical (unpaired) electrons. The van der Waals surface area contributed by atoms with Gasteiger partial charge in [-0.25, -0.2) is 9.97 Å². The Labute approximate surface area is 134 Å². The second kappa shape index (κ2) is 6.91. The molecule has 0 spiro atoms.